The summed E-state index contributed by atoms with van der Waals surface area (Å²) in [4.78, 5) is 13.1. The summed E-state index contributed by atoms with van der Waals surface area (Å²) in [6.07, 6.45) is -2.19. The van der Waals surface area contributed by atoms with Crippen molar-refractivity contribution in [2.24, 2.45) is 11.3 Å². The zero-order chi connectivity index (χ0) is 27.8. The number of hydrogen-bond donors (Lipinski definition) is 0. The maximum atomic E-state index is 13.1. The molecule has 8 heteroatoms. The molecular weight excluding hydrogens is 476 g/mol. The third-order valence-electron chi connectivity index (χ3n) is 8.65. The Morgan fingerprint density at radius 2 is 1.26 bits per heavy atom. The first-order chi connectivity index (χ1) is 15.4. The first kappa shape index (κ1) is 32.8. The zero-order valence-electron chi connectivity index (χ0n) is 25.6. The van der Waals surface area contributed by atoms with Gasteiger partial charge in [0.2, 0.25) is 0 Å². The molecule has 1 rings (SSSR count). The second-order valence-corrected chi connectivity index (χ2v) is 24.1. The molecule has 0 saturated carbocycles. The van der Waals surface area contributed by atoms with Crippen LogP contribution in [-0.4, -0.2) is 60.4 Å². The molecule has 6 nitrogen and oxygen atoms in total. The van der Waals surface area contributed by atoms with Crippen LogP contribution in [0.15, 0.2) is 0 Å². The van der Waals surface area contributed by atoms with Gasteiger partial charge >= 0.3 is 5.97 Å². The van der Waals surface area contributed by atoms with Crippen molar-refractivity contribution >= 4 is 22.6 Å². The van der Waals surface area contributed by atoms with Crippen LogP contribution in [0.3, 0.4) is 0 Å². The Kier molecular flexibility index (Phi) is 10.5. The molecule has 1 fully saturated rings. The van der Waals surface area contributed by atoms with Crippen LogP contribution in [0.2, 0.25) is 36.3 Å². The van der Waals surface area contributed by atoms with Gasteiger partial charge in [0.1, 0.15) is 12.2 Å². The summed E-state index contributed by atoms with van der Waals surface area (Å²) >= 11 is 0. The van der Waals surface area contributed by atoms with Crippen LogP contribution in [-0.2, 0) is 27.9 Å². The molecule has 0 N–H and O–H groups in total. The van der Waals surface area contributed by atoms with E-state index in [2.05, 4.69) is 95.4 Å². The zero-order valence-corrected chi connectivity index (χ0v) is 27.6. The Balaban J connectivity index is 3.45. The molecule has 0 aromatic carbocycles. The normalized spacial score (nSPS) is 28.1. The molecule has 1 heterocycles. The number of methoxy groups -OCH3 is 1. The topological polar surface area (TPSA) is 63.2 Å². The monoisotopic (exact) mass is 532 g/mol. The van der Waals surface area contributed by atoms with E-state index in [9.17, 15) is 4.79 Å². The van der Waals surface area contributed by atoms with Crippen molar-refractivity contribution in [2.45, 2.75) is 150 Å². The van der Waals surface area contributed by atoms with Crippen molar-refractivity contribution in [3.63, 3.8) is 0 Å². The Morgan fingerprint density at radius 1 is 0.829 bits per heavy atom. The molecule has 0 radical (unpaired) electrons. The van der Waals surface area contributed by atoms with Crippen molar-refractivity contribution in [1.82, 2.24) is 0 Å². The van der Waals surface area contributed by atoms with E-state index in [1.165, 1.54) is 0 Å². The predicted molar refractivity (Wildman–Crippen MR) is 149 cm³/mol. The first-order valence-electron chi connectivity index (χ1n) is 13.2. The molecule has 5 unspecified atom stereocenters. The molecule has 0 aliphatic carbocycles. The van der Waals surface area contributed by atoms with Crippen molar-refractivity contribution in [1.29, 1.82) is 0 Å². The highest BCUT2D eigenvalue weighted by Crippen LogP contribution is 2.43. The summed E-state index contributed by atoms with van der Waals surface area (Å²) in [7, 11) is -2.83. The number of hydrogen-bond acceptors (Lipinski definition) is 6. The number of esters is 1. The van der Waals surface area contributed by atoms with Gasteiger partial charge in [0, 0.05) is 13.5 Å². The Labute approximate surface area is 218 Å². The van der Waals surface area contributed by atoms with Crippen LogP contribution in [0.25, 0.3) is 0 Å². The van der Waals surface area contributed by atoms with Crippen LogP contribution < -0.4 is 0 Å². The number of ether oxygens (including phenoxy) is 3. The van der Waals surface area contributed by atoms with E-state index >= 15 is 0 Å². The van der Waals surface area contributed by atoms with Gasteiger partial charge in [-0.1, -0.05) is 69.2 Å². The quantitative estimate of drug-likeness (QED) is 0.244. The van der Waals surface area contributed by atoms with Crippen LogP contribution in [0.5, 0.6) is 0 Å². The Hall–Kier alpha value is -0.256. The van der Waals surface area contributed by atoms with Crippen LogP contribution in [0, 0.1) is 11.3 Å². The van der Waals surface area contributed by atoms with Gasteiger partial charge in [0.25, 0.3) is 0 Å². The van der Waals surface area contributed by atoms with Crippen molar-refractivity contribution < 1.29 is 27.9 Å². The lowest BCUT2D eigenvalue weighted by Crippen LogP contribution is -2.65. The summed E-state index contributed by atoms with van der Waals surface area (Å²) in [5.74, 6) is -0.0424. The molecule has 0 bridgehead atoms. The molecule has 0 spiro atoms. The fourth-order valence-corrected chi connectivity index (χ4v) is 5.96. The molecule has 1 saturated heterocycles. The second kappa shape index (κ2) is 11.2. The summed E-state index contributed by atoms with van der Waals surface area (Å²) in [6.45, 7) is 32.6. The SMILES string of the molecule is COC1OC(C)C(OC(=O)C[C@H](C)C(C)(C)C)C(O[Si](C)(C)C(C)(C)C)C1O[Si](C)(C)C(C)(C)C. The van der Waals surface area contributed by atoms with Crippen LogP contribution in [0.1, 0.15) is 82.6 Å². The number of rotatable bonds is 8. The highest BCUT2D eigenvalue weighted by molar-refractivity contribution is 6.74. The Morgan fingerprint density at radius 3 is 1.63 bits per heavy atom. The lowest BCUT2D eigenvalue weighted by molar-refractivity contribution is -0.283. The molecular formula is C27H56O6Si2. The van der Waals surface area contributed by atoms with Crippen LogP contribution in [0.4, 0.5) is 0 Å². The third-order valence-corrected chi connectivity index (χ3v) is 17.6. The largest absolute Gasteiger partial charge is 0.457 e. The molecule has 0 aromatic heterocycles. The minimum Gasteiger partial charge on any atom is -0.457 e. The van der Waals surface area contributed by atoms with Gasteiger partial charge in [-0.3, -0.25) is 4.79 Å². The van der Waals surface area contributed by atoms with Gasteiger partial charge in [-0.2, -0.15) is 0 Å². The maximum absolute atomic E-state index is 13.1. The van der Waals surface area contributed by atoms with Crippen molar-refractivity contribution in [3.8, 4) is 0 Å². The van der Waals surface area contributed by atoms with Crippen molar-refractivity contribution in [2.75, 3.05) is 7.11 Å². The second-order valence-electron chi connectivity index (χ2n) is 14.6. The summed E-state index contributed by atoms with van der Waals surface area (Å²) in [5, 5.41) is -0.0296. The van der Waals surface area contributed by atoms with E-state index < -0.39 is 41.2 Å². The standard InChI is InChI=1S/C27H56O6Si2/c1-18(25(3,4)5)17-20(28)31-21-19(2)30-24(29-12)23(33-35(15,16)27(9,10)11)22(21)32-34(13,14)26(6,7)8/h18-19,21-24H,17H2,1-16H3/t18-,19?,21?,22?,23?,24?/m0/s1. The van der Waals surface area contributed by atoms with E-state index in [0.717, 1.165) is 0 Å². The van der Waals surface area contributed by atoms with E-state index in [1.807, 2.05) is 6.92 Å². The number of carbonyl (C=O) groups excluding carboxylic acids is 1. The predicted octanol–water partition coefficient (Wildman–Crippen LogP) is 7.14. The highest BCUT2D eigenvalue weighted by atomic mass is 28.4. The minimum absolute atomic E-state index is 0.00973. The fourth-order valence-electron chi connectivity index (χ4n) is 3.37. The van der Waals surface area contributed by atoms with Gasteiger partial charge in [-0.15, -0.1) is 0 Å². The smallest absolute Gasteiger partial charge is 0.306 e. The molecule has 1 aliphatic rings. The van der Waals surface area contributed by atoms with E-state index in [-0.39, 0.29) is 33.5 Å². The van der Waals surface area contributed by atoms with Gasteiger partial charge in [0.15, 0.2) is 29.0 Å². The first-order valence-corrected chi connectivity index (χ1v) is 19.0. The van der Waals surface area contributed by atoms with Crippen LogP contribution >= 0.6 is 0 Å². The van der Waals surface area contributed by atoms with E-state index in [1.54, 1.807) is 7.11 Å². The van der Waals surface area contributed by atoms with Gasteiger partial charge in [-0.05, 0) is 54.5 Å². The van der Waals surface area contributed by atoms with Gasteiger partial charge in [-0.25, -0.2) is 0 Å². The molecule has 0 aromatic rings. The van der Waals surface area contributed by atoms with E-state index in [4.69, 9.17) is 23.1 Å². The lowest BCUT2D eigenvalue weighted by Gasteiger charge is -2.51. The minimum atomic E-state index is -2.25. The fraction of sp³-hybridized carbons (Fsp3) is 0.963. The molecule has 208 valence electrons. The van der Waals surface area contributed by atoms with Gasteiger partial charge < -0.3 is 23.1 Å². The molecule has 35 heavy (non-hydrogen) atoms. The molecule has 6 atom stereocenters. The third kappa shape index (κ3) is 8.37. The molecule has 0 amide bonds. The summed E-state index contributed by atoms with van der Waals surface area (Å²) in [5.41, 5.74) is 0.0138. The summed E-state index contributed by atoms with van der Waals surface area (Å²) < 4.78 is 32.1. The average Bonchev–Trinajstić information content (AvgIpc) is 2.63. The summed E-state index contributed by atoms with van der Waals surface area (Å²) in [6, 6.07) is 0. The maximum Gasteiger partial charge on any atom is 0.306 e. The Bertz CT molecular complexity index is 702. The van der Waals surface area contributed by atoms with Gasteiger partial charge in [0.05, 0.1) is 6.10 Å². The number of carbonyl (C=O) groups is 1. The average molecular weight is 533 g/mol. The molecule has 1 aliphatic heterocycles. The van der Waals surface area contributed by atoms with Crippen molar-refractivity contribution in [3.05, 3.63) is 0 Å². The van der Waals surface area contributed by atoms with E-state index in [0.29, 0.717) is 6.42 Å². The lowest BCUT2D eigenvalue weighted by atomic mass is 9.80. The highest BCUT2D eigenvalue weighted by Gasteiger charge is 2.54.